The van der Waals surface area contributed by atoms with E-state index in [4.69, 9.17) is 4.74 Å². The van der Waals surface area contributed by atoms with Crippen molar-refractivity contribution >= 4 is 35.1 Å². The minimum atomic E-state index is -0.411. The Morgan fingerprint density at radius 1 is 1.03 bits per heavy atom. The predicted molar refractivity (Wildman–Crippen MR) is 116 cm³/mol. The first-order valence-corrected chi connectivity index (χ1v) is 10.1. The summed E-state index contributed by atoms with van der Waals surface area (Å²) in [5.41, 5.74) is 4.08. The number of para-hydroxylation sites is 1. The van der Waals surface area contributed by atoms with E-state index in [1.807, 2.05) is 29.6 Å². The number of nitrogens with zero attached hydrogens (tertiary/aromatic N) is 1. The first kappa shape index (κ1) is 20.3. The van der Waals surface area contributed by atoms with Gasteiger partial charge in [0.2, 0.25) is 0 Å². The molecule has 2 aromatic carbocycles. The third-order valence-corrected chi connectivity index (χ3v) is 4.77. The molecular formula is C22H21N3O3S. The van der Waals surface area contributed by atoms with E-state index in [0.717, 1.165) is 17.7 Å². The van der Waals surface area contributed by atoms with Crippen LogP contribution in [0.4, 0.5) is 5.69 Å². The second-order valence-corrected chi connectivity index (χ2v) is 7.04. The van der Waals surface area contributed by atoms with Crippen LogP contribution in [0.5, 0.6) is 5.75 Å². The second kappa shape index (κ2) is 10.2. The molecule has 0 saturated heterocycles. The van der Waals surface area contributed by atoms with Crippen LogP contribution in [0.2, 0.25) is 0 Å². The molecule has 0 radical (unpaired) electrons. The van der Waals surface area contributed by atoms with Crippen LogP contribution in [-0.2, 0) is 0 Å². The minimum Gasteiger partial charge on any atom is -0.494 e. The number of benzene rings is 2. The van der Waals surface area contributed by atoms with Gasteiger partial charge in [0.05, 0.1) is 28.9 Å². The number of carbonyl (C=O) groups excluding carboxylic acids is 2. The molecule has 6 nitrogen and oxygen atoms in total. The number of amides is 2. The first-order chi connectivity index (χ1) is 14.2. The summed E-state index contributed by atoms with van der Waals surface area (Å²) in [6, 6.07) is 17.8. The highest BCUT2D eigenvalue weighted by Crippen LogP contribution is 2.18. The summed E-state index contributed by atoms with van der Waals surface area (Å²) in [5, 5.41) is 8.60. The maximum Gasteiger partial charge on any atom is 0.273 e. The zero-order valence-corrected chi connectivity index (χ0v) is 16.7. The van der Waals surface area contributed by atoms with Crippen molar-refractivity contribution < 1.29 is 14.3 Å². The Hall–Kier alpha value is -3.45. The van der Waals surface area contributed by atoms with Gasteiger partial charge in [-0.1, -0.05) is 25.1 Å². The lowest BCUT2D eigenvalue weighted by atomic mass is 10.1. The molecule has 0 atom stereocenters. The Kier molecular flexibility index (Phi) is 7.13. The molecular weight excluding hydrogens is 386 g/mol. The van der Waals surface area contributed by atoms with E-state index in [1.54, 1.807) is 42.6 Å². The van der Waals surface area contributed by atoms with Crippen LogP contribution in [0, 0.1) is 0 Å². The van der Waals surface area contributed by atoms with E-state index in [2.05, 4.69) is 22.8 Å². The molecule has 0 spiro atoms. The Balaban J connectivity index is 1.62. The van der Waals surface area contributed by atoms with Crippen LogP contribution in [0.25, 0.3) is 0 Å². The molecule has 0 fully saturated rings. The number of hydrogen-bond donors (Lipinski definition) is 2. The highest BCUT2D eigenvalue weighted by molar-refractivity contribution is 7.12. The van der Waals surface area contributed by atoms with Crippen LogP contribution in [0.1, 0.15) is 38.9 Å². The van der Waals surface area contributed by atoms with Crippen molar-refractivity contribution in [2.24, 2.45) is 5.10 Å². The van der Waals surface area contributed by atoms with Crippen LogP contribution in [-0.4, -0.2) is 24.6 Å². The normalized spacial score (nSPS) is 10.7. The van der Waals surface area contributed by atoms with Gasteiger partial charge in [-0.2, -0.15) is 5.10 Å². The summed E-state index contributed by atoms with van der Waals surface area (Å²) in [5.74, 6) is 0.129. The average Bonchev–Trinajstić information content (AvgIpc) is 3.28. The summed E-state index contributed by atoms with van der Waals surface area (Å²) < 4.78 is 5.53. The number of ether oxygens (including phenoxy) is 1. The third-order valence-electron chi connectivity index (χ3n) is 3.90. The lowest BCUT2D eigenvalue weighted by Gasteiger charge is -2.09. The molecule has 2 N–H and O–H groups in total. The van der Waals surface area contributed by atoms with Gasteiger partial charge in [0.15, 0.2) is 0 Å². The SMILES string of the molecule is CCCOc1ccc(/C=N\NC(=O)c2ccccc2NC(=O)c2cccs2)cc1. The quantitative estimate of drug-likeness (QED) is 0.425. The molecule has 7 heteroatoms. The van der Waals surface area contributed by atoms with Gasteiger partial charge in [0, 0.05) is 0 Å². The van der Waals surface area contributed by atoms with Crippen LogP contribution >= 0.6 is 11.3 Å². The van der Waals surface area contributed by atoms with Gasteiger partial charge in [-0.25, -0.2) is 5.43 Å². The maximum absolute atomic E-state index is 12.5. The highest BCUT2D eigenvalue weighted by atomic mass is 32.1. The standard InChI is InChI=1S/C22H21N3O3S/c1-2-13-28-17-11-9-16(10-12-17)15-23-25-21(26)18-6-3-4-7-19(18)24-22(27)20-8-5-14-29-20/h3-12,14-15H,2,13H2,1H3,(H,24,27)(H,25,26)/b23-15-. The largest absolute Gasteiger partial charge is 0.494 e. The highest BCUT2D eigenvalue weighted by Gasteiger charge is 2.14. The van der Waals surface area contributed by atoms with E-state index in [1.165, 1.54) is 11.3 Å². The number of thiophene rings is 1. The van der Waals surface area contributed by atoms with Crippen molar-refractivity contribution in [2.45, 2.75) is 13.3 Å². The van der Waals surface area contributed by atoms with Gasteiger partial charge in [-0.05, 0) is 59.8 Å². The van der Waals surface area contributed by atoms with Gasteiger partial charge >= 0.3 is 0 Å². The molecule has 0 bridgehead atoms. The molecule has 1 heterocycles. The zero-order chi connectivity index (χ0) is 20.5. The van der Waals surface area contributed by atoms with Crippen molar-refractivity contribution in [3.8, 4) is 5.75 Å². The van der Waals surface area contributed by atoms with Gasteiger partial charge < -0.3 is 10.1 Å². The number of anilines is 1. The summed E-state index contributed by atoms with van der Waals surface area (Å²) in [7, 11) is 0. The fourth-order valence-corrected chi connectivity index (χ4v) is 3.10. The predicted octanol–water partition coefficient (Wildman–Crippen LogP) is 4.55. The number of hydrazone groups is 1. The number of carbonyl (C=O) groups is 2. The third kappa shape index (κ3) is 5.76. The second-order valence-electron chi connectivity index (χ2n) is 6.09. The van der Waals surface area contributed by atoms with E-state index in [-0.39, 0.29) is 5.91 Å². The van der Waals surface area contributed by atoms with Gasteiger partial charge in [0.1, 0.15) is 5.75 Å². The van der Waals surface area contributed by atoms with Crippen LogP contribution in [0.15, 0.2) is 71.1 Å². The molecule has 0 unspecified atom stereocenters. The number of rotatable bonds is 8. The fourth-order valence-electron chi connectivity index (χ4n) is 2.48. The molecule has 29 heavy (non-hydrogen) atoms. The molecule has 0 saturated carbocycles. The Bertz CT molecular complexity index is 983. The maximum atomic E-state index is 12.5. The molecule has 3 rings (SSSR count). The number of hydrogen-bond acceptors (Lipinski definition) is 5. The molecule has 0 aliphatic carbocycles. The molecule has 2 amide bonds. The van der Waals surface area contributed by atoms with Crippen molar-refractivity contribution in [1.82, 2.24) is 5.43 Å². The monoisotopic (exact) mass is 407 g/mol. The number of nitrogens with one attached hydrogen (secondary N) is 2. The summed E-state index contributed by atoms with van der Waals surface area (Å²) >= 11 is 1.34. The van der Waals surface area contributed by atoms with Crippen LogP contribution < -0.4 is 15.5 Å². The van der Waals surface area contributed by atoms with E-state index < -0.39 is 5.91 Å². The molecule has 3 aromatic rings. The summed E-state index contributed by atoms with van der Waals surface area (Å²) in [6.45, 7) is 2.72. The Morgan fingerprint density at radius 3 is 2.55 bits per heavy atom. The van der Waals surface area contributed by atoms with Crippen molar-refractivity contribution in [2.75, 3.05) is 11.9 Å². The molecule has 148 valence electrons. The van der Waals surface area contributed by atoms with Gasteiger partial charge in [0.25, 0.3) is 11.8 Å². The van der Waals surface area contributed by atoms with Crippen molar-refractivity contribution in [3.63, 3.8) is 0 Å². The van der Waals surface area contributed by atoms with Crippen molar-refractivity contribution in [1.29, 1.82) is 0 Å². The lowest BCUT2D eigenvalue weighted by Crippen LogP contribution is -2.21. The van der Waals surface area contributed by atoms with Gasteiger partial charge in [-0.3, -0.25) is 9.59 Å². The average molecular weight is 407 g/mol. The summed E-state index contributed by atoms with van der Waals surface area (Å²) in [6.07, 6.45) is 2.50. The topological polar surface area (TPSA) is 79.8 Å². The van der Waals surface area contributed by atoms with Gasteiger partial charge in [-0.15, -0.1) is 11.3 Å². The first-order valence-electron chi connectivity index (χ1n) is 9.17. The minimum absolute atomic E-state index is 0.255. The van der Waals surface area contributed by atoms with E-state index in [0.29, 0.717) is 22.7 Å². The summed E-state index contributed by atoms with van der Waals surface area (Å²) in [4.78, 5) is 25.3. The van der Waals surface area contributed by atoms with Crippen LogP contribution in [0.3, 0.4) is 0 Å². The Labute approximate surface area is 173 Å². The Morgan fingerprint density at radius 2 is 1.83 bits per heavy atom. The molecule has 0 aliphatic heterocycles. The van der Waals surface area contributed by atoms with Crippen molar-refractivity contribution in [3.05, 3.63) is 82.0 Å². The smallest absolute Gasteiger partial charge is 0.273 e. The molecule has 1 aromatic heterocycles. The zero-order valence-electron chi connectivity index (χ0n) is 15.9. The van der Waals surface area contributed by atoms with E-state index in [9.17, 15) is 9.59 Å². The fraction of sp³-hybridized carbons (Fsp3) is 0.136. The molecule has 0 aliphatic rings. The van der Waals surface area contributed by atoms with E-state index >= 15 is 0 Å². The lowest BCUT2D eigenvalue weighted by molar-refractivity contribution is 0.0956.